The van der Waals surface area contributed by atoms with Gasteiger partial charge in [0.2, 0.25) is 11.8 Å². The third kappa shape index (κ3) is 4.68. The Morgan fingerprint density at radius 3 is 2.87 bits per heavy atom. The first-order chi connectivity index (χ1) is 18.5. The Bertz CT molecular complexity index is 1520. The third-order valence-electron chi connectivity index (χ3n) is 6.55. The molecule has 10 heteroatoms. The molecule has 0 N–H and O–H groups in total. The van der Waals surface area contributed by atoms with Gasteiger partial charge in [-0.2, -0.15) is 5.10 Å². The van der Waals surface area contributed by atoms with Crippen LogP contribution in [-0.4, -0.2) is 52.7 Å². The Morgan fingerprint density at radius 1 is 1.29 bits per heavy atom. The van der Waals surface area contributed by atoms with E-state index in [1.165, 1.54) is 11.2 Å². The number of anilines is 1. The molecule has 1 amide bonds. The number of furan rings is 1. The van der Waals surface area contributed by atoms with Crippen molar-refractivity contribution in [2.45, 2.75) is 19.4 Å². The molecule has 0 radical (unpaired) electrons. The largest absolute Gasteiger partial charge is 0.496 e. The number of hydrazone groups is 1. The predicted molar refractivity (Wildman–Crippen MR) is 144 cm³/mol. The number of aromatic nitrogens is 3. The number of ether oxygens (including phenoxy) is 1. The molecule has 9 nitrogen and oxygen atoms in total. The van der Waals surface area contributed by atoms with Gasteiger partial charge in [-0.3, -0.25) is 9.48 Å². The van der Waals surface area contributed by atoms with Gasteiger partial charge in [-0.15, -0.1) is 5.10 Å². The number of carbonyl (C=O) groups is 1. The van der Waals surface area contributed by atoms with Gasteiger partial charge in [-0.05, 0) is 24.1 Å². The van der Waals surface area contributed by atoms with Crippen LogP contribution in [0.15, 0.2) is 77.2 Å². The summed E-state index contributed by atoms with van der Waals surface area (Å²) in [5.41, 5.74) is 2.88. The molecular formula is C28H27FN6O3. The van der Waals surface area contributed by atoms with Gasteiger partial charge in [0, 0.05) is 61.4 Å². The highest BCUT2D eigenvalue weighted by Gasteiger charge is 2.26. The van der Waals surface area contributed by atoms with Crippen LogP contribution in [0.25, 0.3) is 27.7 Å². The Morgan fingerprint density at radius 2 is 2.13 bits per heavy atom. The van der Waals surface area contributed by atoms with Crippen LogP contribution in [0.4, 0.5) is 10.3 Å². The average Bonchev–Trinajstić information content (AvgIpc) is 3.64. The molecule has 0 aliphatic carbocycles. The van der Waals surface area contributed by atoms with Crippen molar-refractivity contribution in [3.63, 3.8) is 0 Å². The molecule has 0 fully saturated rings. The number of nitrogens with zero attached hydrogens (tertiary/aromatic N) is 6. The van der Waals surface area contributed by atoms with Gasteiger partial charge in [0.05, 0.1) is 25.2 Å². The zero-order valence-corrected chi connectivity index (χ0v) is 21.0. The number of hydrogen-bond donors (Lipinski definition) is 0. The summed E-state index contributed by atoms with van der Waals surface area (Å²) in [4.78, 5) is 14.7. The van der Waals surface area contributed by atoms with Crippen LogP contribution in [0.1, 0.15) is 18.4 Å². The summed E-state index contributed by atoms with van der Waals surface area (Å²) < 4.78 is 29.4. The van der Waals surface area contributed by atoms with E-state index < -0.39 is 5.82 Å². The Balaban J connectivity index is 1.56. The van der Waals surface area contributed by atoms with E-state index in [2.05, 4.69) is 28.7 Å². The fraction of sp³-hybridized carbons (Fsp3) is 0.214. The maximum Gasteiger partial charge on any atom is 0.224 e. The number of benzene rings is 2. The molecule has 3 heterocycles. The molecule has 2 aromatic carbocycles. The van der Waals surface area contributed by atoms with E-state index in [9.17, 15) is 4.79 Å². The molecule has 0 bridgehead atoms. The molecule has 0 unspecified atom stereocenters. The molecule has 0 spiro atoms. The van der Waals surface area contributed by atoms with Crippen LogP contribution < -0.4 is 9.75 Å². The van der Waals surface area contributed by atoms with E-state index in [1.807, 2.05) is 30.3 Å². The summed E-state index contributed by atoms with van der Waals surface area (Å²) >= 11 is 0. The van der Waals surface area contributed by atoms with E-state index in [-0.39, 0.29) is 23.6 Å². The molecular weight excluding hydrogens is 487 g/mol. The van der Waals surface area contributed by atoms with Gasteiger partial charge < -0.3 is 14.1 Å². The number of hydrogen-bond acceptors (Lipinski definition) is 7. The van der Waals surface area contributed by atoms with E-state index >= 15 is 4.39 Å². The molecule has 0 atom stereocenters. The van der Waals surface area contributed by atoms with Crippen LogP contribution in [0.3, 0.4) is 0 Å². The number of fused-ring (bicyclic) bond motifs is 1. The van der Waals surface area contributed by atoms with E-state index in [0.717, 1.165) is 11.1 Å². The van der Waals surface area contributed by atoms with Crippen LogP contribution in [0, 0.1) is 5.82 Å². The number of aryl methyl sites for hydroxylation is 1. The second-order valence-corrected chi connectivity index (χ2v) is 8.73. The topological polar surface area (TPSA) is 89.0 Å². The van der Waals surface area contributed by atoms with Crippen molar-refractivity contribution in [3.05, 3.63) is 79.0 Å². The SMILES string of the molecule is C=CN(N=C)c1cc2c(F)c(C3=CCCN(C(=O)CCn4ccnn4)C3)cc(-c3ccccc3OC)c2o1. The monoisotopic (exact) mass is 514 g/mol. The van der Waals surface area contributed by atoms with E-state index in [0.29, 0.717) is 48.5 Å². The zero-order valence-electron chi connectivity index (χ0n) is 21.0. The first-order valence-corrected chi connectivity index (χ1v) is 12.1. The van der Waals surface area contributed by atoms with Gasteiger partial charge in [0.25, 0.3) is 0 Å². The molecule has 38 heavy (non-hydrogen) atoms. The van der Waals surface area contributed by atoms with Crippen molar-refractivity contribution in [1.29, 1.82) is 0 Å². The molecule has 194 valence electrons. The Hall–Kier alpha value is -4.73. The molecule has 4 aromatic rings. The molecule has 5 rings (SSSR count). The van der Waals surface area contributed by atoms with Gasteiger partial charge in [-0.1, -0.05) is 36.1 Å². The van der Waals surface area contributed by atoms with Crippen molar-refractivity contribution in [3.8, 4) is 16.9 Å². The fourth-order valence-corrected chi connectivity index (χ4v) is 4.66. The Labute approximate surface area is 219 Å². The third-order valence-corrected chi connectivity index (χ3v) is 6.55. The second-order valence-electron chi connectivity index (χ2n) is 8.73. The van der Waals surface area contributed by atoms with Crippen LogP contribution in [-0.2, 0) is 11.3 Å². The van der Waals surface area contributed by atoms with Crippen molar-refractivity contribution >= 4 is 35.1 Å². The van der Waals surface area contributed by atoms with Crippen LogP contribution in [0.2, 0.25) is 0 Å². The van der Waals surface area contributed by atoms with E-state index in [4.69, 9.17) is 9.15 Å². The van der Waals surface area contributed by atoms with Gasteiger partial charge in [0.1, 0.15) is 17.1 Å². The highest BCUT2D eigenvalue weighted by Crippen LogP contribution is 2.42. The van der Waals surface area contributed by atoms with Crippen LogP contribution in [0.5, 0.6) is 5.75 Å². The smallest absolute Gasteiger partial charge is 0.224 e. The number of para-hydroxylation sites is 1. The maximum absolute atomic E-state index is 16.1. The summed E-state index contributed by atoms with van der Waals surface area (Å²) in [7, 11) is 1.58. The standard InChI is InChI=1S/C28H27FN6O3/c1-4-35(30-2)26-17-23-27(29)21(16-22(28(23)38-26)20-9-5-6-10-24(20)37-3)19-8-7-13-33(18-19)25(36)11-14-34-15-12-31-32-34/h4-6,8-10,12,15-17H,1-2,7,11,13-14,18H2,3H3. The minimum atomic E-state index is -0.440. The lowest BCUT2D eigenvalue weighted by Gasteiger charge is -2.28. The summed E-state index contributed by atoms with van der Waals surface area (Å²) in [6, 6.07) is 10.8. The zero-order chi connectivity index (χ0) is 26.6. The van der Waals surface area contributed by atoms with Gasteiger partial charge in [0.15, 0.2) is 0 Å². The molecule has 1 aliphatic heterocycles. The normalized spacial score (nSPS) is 13.3. The predicted octanol–water partition coefficient (Wildman–Crippen LogP) is 5.11. The lowest BCUT2D eigenvalue weighted by atomic mass is 9.93. The molecule has 0 saturated heterocycles. The number of methoxy groups -OCH3 is 1. The molecule has 1 aliphatic rings. The number of carbonyl (C=O) groups excluding carboxylic acids is 1. The first-order valence-electron chi connectivity index (χ1n) is 12.1. The minimum absolute atomic E-state index is 0.0261. The summed E-state index contributed by atoms with van der Waals surface area (Å²) in [5.74, 6) is 0.431. The lowest BCUT2D eigenvalue weighted by Crippen LogP contribution is -2.36. The van der Waals surface area contributed by atoms with Crippen LogP contribution >= 0.6 is 0 Å². The molecule has 0 saturated carbocycles. The molecule has 2 aromatic heterocycles. The fourth-order valence-electron chi connectivity index (χ4n) is 4.66. The number of halogens is 1. The van der Waals surface area contributed by atoms with Crippen molar-refractivity contribution in [2.24, 2.45) is 5.10 Å². The second kappa shape index (κ2) is 10.7. The highest BCUT2D eigenvalue weighted by molar-refractivity contribution is 5.99. The van der Waals surface area contributed by atoms with Gasteiger partial charge in [-0.25, -0.2) is 9.40 Å². The minimum Gasteiger partial charge on any atom is -0.496 e. The maximum atomic E-state index is 16.1. The quantitative estimate of drug-likeness (QED) is 0.228. The van der Waals surface area contributed by atoms with Gasteiger partial charge >= 0.3 is 0 Å². The summed E-state index contributed by atoms with van der Waals surface area (Å²) in [5, 5.41) is 13.2. The number of amides is 1. The van der Waals surface area contributed by atoms with E-state index in [1.54, 1.807) is 41.2 Å². The average molecular weight is 515 g/mol. The van der Waals surface area contributed by atoms with Crippen molar-refractivity contribution in [2.75, 3.05) is 25.2 Å². The number of rotatable bonds is 9. The summed E-state index contributed by atoms with van der Waals surface area (Å²) in [6.07, 6.45) is 7.60. The van der Waals surface area contributed by atoms with Crippen molar-refractivity contribution in [1.82, 2.24) is 19.9 Å². The lowest BCUT2D eigenvalue weighted by molar-refractivity contribution is -0.131. The van der Waals surface area contributed by atoms with Crippen molar-refractivity contribution < 1.29 is 18.3 Å². The first kappa shape index (κ1) is 24.9. The summed E-state index contributed by atoms with van der Waals surface area (Å²) in [6.45, 7) is 8.54. The Kier molecular flexibility index (Phi) is 7.03. The highest BCUT2D eigenvalue weighted by atomic mass is 19.1.